The molecular formula is C22H26Cl2O. The monoisotopic (exact) mass is 376 g/mol. The van der Waals surface area contributed by atoms with Crippen LogP contribution in [0.25, 0.3) is 0 Å². The van der Waals surface area contributed by atoms with Gasteiger partial charge in [-0.15, -0.1) is 0 Å². The van der Waals surface area contributed by atoms with Crippen LogP contribution in [0.15, 0.2) is 36.4 Å². The molecule has 2 aromatic rings. The lowest BCUT2D eigenvalue weighted by atomic mass is 9.82. The summed E-state index contributed by atoms with van der Waals surface area (Å²) in [4.78, 5) is 0. The Morgan fingerprint density at radius 2 is 1.48 bits per heavy atom. The molecule has 25 heavy (non-hydrogen) atoms. The number of halogens is 2. The number of hydrogen-bond acceptors (Lipinski definition) is 1. The average molecular weight is 377 g/mol. The van der Waals surface area contributed by atoms with Crippen molar-refractivity contribution in [1.29, 1.82) is 0 Å². The third kappa shape index (κ3) is 3.47. The fourth-order valence-electron chi connectivity index (χ4n) is 3.77. The molecule has 1 fully saturated rings. The molecule has 0 radical (unpaired) electrons. The van der Waals surface area contributed by atoms with Crippen molar-refractivity contribution in [3.05, 3.63) is 68.7 Å². The molecule has 0 spiro atoms. The molecule has 0 aliphatic carbocycles. The molecule has 1 atom stereocenters. The molecule has 0 aromatic heterocycles. The molecule has 0 N–H and O–H groups in total. The maximum Gasteiger partial charge on any atom is 0.118 e. The first-order chi connectivity index (χ1) is 11.8. The number of rotatable bonds is 4. The van der Waals surface area contributed by atoms with E-state index in [2.05, 4.69) is 52.0 Å². The van der Waals surface area contributed by atoms with Crippen LogP contribution in [-0.2, 0) is 10.3 Å². The maximum absolute atomic E-state index is 6.58. The lowest BCUT2D eigenvalue weighted by Crippen LogP contribution is -2.26. The summed E-state index contributed by atoms with van der Waals surface area (Å²) < 4.78 is 6.31. The summed E-state index contributed by atoms with van der Waals surface area (Å²) >= 11 is 13.2. The van der Waals surface area contributed by atoms with Gasteiger partial charge in [-0.3, -0.25) is 0 Å². The molecule has 0 amide bonds. The molecule has 3 rings (SSSR count). The highest BCUT2D eigenvalue weighted by Gasteiger charge is 2.39. The normalized spacial score (nSPS) is 20.6. The van der Waals surface area contributed by atoms with Gasteiger partial charge in [0.25, 0.3) is 0 Å². The van der Waals surface area contributed by atoms with Crippen molar-refractivity contribution in [2.75, 3.05) is 6.61 Å². The smallest absolute Gasteiger partial charge is 0.118 e. The van der Waals surface area contributed by atoms with Crippen molar-refractivity contribution in [2.24, 2.45) is 0 Å². The third-order valence-corrected chi connectivity index (χ3v) is 5.81. The first kappa shape index (κ1) is 18.8. The molecule has 1 saturated heterocycles. The lowest BCUT2D eigenvalue weighted by Gasteiger charge is -2.31. The topological polar surface area (TPSA) is 9.23 Å². The second-order valence-electron chi connectivity index (χ2n) is 7.56. The van der Waals surface area contributed by atoms with Gasteiger partial charge < -0.3 is 4.74 Å². The van der Waals surface area contributed by atoms with E-state index in [0.29, 0.717) is 11.8 Å². The van der Waals surface area contributed by atoms with E-state index in [0.717, 1.165) is 40.6 Å². The maximum atomic E-state index is 6.58. The summed E-state index contributed by atoms with van der Waals surface area (Å²) in [6, 6.07) is 12.9. The highest BCUT2D eigenvalue weighted by Crippen LogP contribution is 2.45. The molecule has 1 nitrogen and oxygen atoms in total. The Morgan fingerprint density at radius 1 is 0.880 bits per heavy atom. The Labute approximate surface area is 161 Å². The van der Waals surface area contributed by atoms with Gasteiger partial charge in [0.15, 0.2) is 0 Å². The van der Waals surface area contributed by atoms with Crippen LogP contribution >= 0.6 is 23.2 Å². The number of hydrogen-bond donors (Lipinski definition) is 0. The average Bonchev–Trinajstić information content (AvgIpc) is 3.04. The summed E-state index contributed by atoms with van der Waals surface area (Å²) in [6.45, 7) is 9.40. The first-order valence-corrected chi connectivity index (χ1v) is 9.84. The Hall–Kier alpha value is -1.02. The largest absolute Gasteiger partial charge is 0.366 e. The Kier molecular flexibility index (Phi) is 5.48. The molecule has 0 saturated carbocycles. The van der Waals surface area contributed by atoms with Crippen molar-refractivity contribution in [3.8, 4) is 0 Å². The van der Waals surface area contributed by atoms with E-state index < -0.39 is 5.60 Å². The van der Waals surface area contributed by atoms with Crippen LogP contribution in [0.1, 0.15) is 74.6 Å². The molecule has 0 bridgehead atoms. The van der Waals surface area contributed by atoms with Crippen LogP contribution in [0.2, 0.25) is 10.0 Å². The summed E-state index contributed by atoms with van der Waals surface area (Å²) in [5.41, 5.74) is 4.14. The SMILES string of the molecule is CC(C)c1ccc(C2(c3cc(Cl)c(C(C)C)c(Cl)c3)CCCO2)cc1. The van der Waals surface area contributed by atoms with Gasteiger partial charge >= 0.3 is 0 Å². The van der Waals surface area contributed by atoms with Gasteiger partial charge in [-0.1, -0.05) is 75.2 Å². The van der Waals surface area contributed by atoms with E-state index in [1.165, 1.54) is 11.1 Å². The minimum absolute atomic E-state index is 0.292. The summed E-state index contributed by atoms with van der Waals surface area (Å²) in [7, 11) is 0. The summed E-state index contributed by atoms with van der Waals surface area (Å²) in [5.74, 6) is 0.809. The lowest BCUT2D eigenvalue weighted by molar-refractivity contribution is 0.0359. The standard InChI is InChI=1S/C22H26Cl2O/c1-14(2)16-6-8-17(9-7-16)22(10-5-11-25-22)18-12-19(23)21(15(3)4)20(24)13-18/h6-9,12-15H,5,10-11H2,1-4H3. The van der Waals surface area contributed by atoms with E-state index in [9.17, 15) is 0 Å². The van der Waals surface area contributed by atoms with Crippen LogP contribution < -0.4 is 0 Å². The Morgan fingerprint density at radius 3 is 1.92 bits per heavy atom. The number of ether oxygens (including phenoxy) is 1. The third-order valence-electron chi connectivity index (χ3n) is 5.19. The fourth-order valence-corrected chi connectivity index (χ4v) is 4.69. The molecule has 1 unspecified atom stereocenters. The van der Waals surface area contributed by atoms with Crippen molar-refractivity contribution >= 4 is 23.2 Å². The Bertz CT molecular complexity index is 718. The van der Waals surface area contributed by atoms with Crippen molar-refractivity contribution < 1.29 is 4.74 Å². The van der Waals surface area contributed by atoms with E-state index in [4.69, 9.17) is 27.9 Å². The first-order valence-electron chi connectivity index (χ1n) is 9.09. The Balaban J connectivity index is 2.10. The molecular weight excluding hydrogens is 351 g/mol. The van der Waals surface area contributed by atoms with Gasteiger partial charge in [0, 0.05) is 16.7 Å². The molecule has 3 heteroatoms. The second kappa shape index (κ2) is 7.31. The molecule has 1 heterocycles. The fraction of sp³-hybridized carbons (Fsp3) is 0.455. The quantitative estimate of drug-likeness (QED) is 0.543. The van der Waals surface area contributed by atoms with Crippen LogP contribution in [0.5, 0.6) is 0 Å². The zero-order valence-corrected chi connectivity index (χ0v) is 16.9. The van der Waals surface area contributed by atoms with E-state index >= 15 is 0 Å². The van der Waals surface area contributed by atoms with Gasteiger partial charge in [0.2, 0.25) is 0 Å². The van der Waals surface area contributed by atoms with Crippen LogP contribution in [0.4, 0.5) is 0 Å². The van der Waals surface area contributed by atoms with Crippen LogP contribution in [-0.4, -0.2) is 6.61 Å². The van der Waals surface area contributed by atoms with Crippen LogP contribution in [0.3, 0.4) is 0 Å². The molecule has 2 aromatic carbocycles. The highest BCUT2D eigenvalue weighted by atomic mass is 35.5. The van der Waals surface area contributed by atoms with Gasteiger partial charge in [0.05, 0.1) is 0 Å². The van der Waals surface area contributed by atoms with Gasteiger partial charge in [0.1, 0.15) is 5.60 Å². The summed E-state index contributed by atoms with van der Waals surface area (Å²) in [6.07, 6.45) is 1.98. The van der Waals surface area contributed by atoms with Crippen molar-refractivity contribution in [3.63, 3.8) is 0 Å². The minimum atomic E-state index is -0.446. The van der Waals surface area contributed by atoms with Crippen molar-refractivity contribution in [1.82, 2.24) is 0 Å². The predicted molar refractivity (Wildman–Crippen MR) is 107 cm³/mol. The highest BCUT2D eigenvalue weighted by molar-refractivity contribution is 6.36. The van der Waals surface area contributed by atoms with Gasteiger partial charge in [-0.2, -0.15) is 0 Å². The van der Waals surface area contributed by atoms with Crippen molar-refractivity contribution in [2.45, 2.75) is 58.0 Å². The zero-order chi connectivity index (χ0) is 18.2. The molecule has 134 valence electrons. The molecule has 1 aliphatic heterocycles. The van der Waals surface area contributed by atoms with E-state index in [1.54, 1.807) is 0 Å². The minimum Gasteiger partial charge on any atom is -0.366 e. The van der Waals surface area contributed by atoms with Crippen LogP contribution in [0, 0.1) is 0 Å². The second-order valence-corrected chi connectivity index (χ2v) is 8.38. The van der Waals surface area contributed by atoms with Gasteiger partial charge in [-0.25, -0.2) is 0 Å². The van der Waals surface area contributed by atoms with E-state index in [-0.39, 0.29) is 0 Å². The van der Waals surface area contributed by atoms with Gasteiger partial charge in [-0.05, 0) is 59.1 Å². The van der Waals surface area contributed by atoms with E-state index in [1.807, 2.05) is 12.1 Å². The summed E-state index contributed by atoms with van der Waals surface area (Å²) in [5, 5.41) is 1.46. The number of benzene rings is 2. The zero-order valence-electron chi connectivity index (χ0n) is 15.4. The predicted octanol–water partition coefficient (Wildman–Crippen LogP) is 7.29. The molecule has 1 aliphatic rings.